The Morgan fingerprint density at radius 2 is 2.17 bits per heavy atom. The number of hydrogen-bond donors (Lipinski definition) is 2. The number of benzene rings is 1. The summed E-state index contributed by atoms with van der Waals surface area (Å²) >= 11 is 8.61. The largest absolute Gasteiger partial charge is 0.496 e. The Morgan fingerprint density at radius 3 is 2.78 bits per heavy atom. The van der Waals surface area contributed by atoms with Gasteiger partial charge in [-0.2, -0.15) is 0 Å². The number of thiocarbonyl (C=S) groups is 1. The third-order valence-electron chi connectivity index (χ3n) is 2.22. The molecule has 4 nitrogen and oxygen atoms in total. The van der Waals surface area contributed by atoms with Gasteiger partial charge >= 0.3 is 0 Å². The third kappa shape index (κ3) is 5.20. The van der Waals surface area contributed by atoms with Gasteiger partial charge in [0.1, 0.15) is 5.75 Å². The minimum absolute atomic E-state index is 0.600. The minimum Gasteiger partial charge on any atom is -0.496 e. The SMILES string of the molecule is COCCCNC(=S)Nc1ccc(OC)c(Br)c1. The van der Waals surface area contributed by atoms with Crippen molar-refractivity contribution in [1.82, 2.24) is 5.32 Å². The lowest BCUT2D eigenvalue weighted by Gasteiger charge is -2.11. The first-order chi connectivity index (χ1) is 8.67. The van der Waals surface area contributed by atoms with E-state index in [1.807, 2.05) is 18.2 Å². The van der Waals surface area contributed by atoms with E-state index in [1.165, 1.54) is 0 Å². The van der Waals surface area contributed by atoms with Crippen molar-refractivity contribution in [3.8, 4) is 5.75 Å². The maximum atomic E-state index is 5.18. The lowest BCUT2D eigenvalue weighted by molar-refractivity contribution is 0.196. The van der Waals surface area contributed by atoms with Crippen LogP contribution in [0.5, 0.6) is 5.75 Å². The maximum absolute atomic E-state index is 5.18. The van der Waals surface area contributed by atoms with Crippen LogP contribution in [0.25, 0.3) is 0 Å². The molecule has 0 amide bonds. The van der Waals surface area contributed by atoms with Crippen molar-refractivity contribution in [1.29, 1.82) is 0 Å². The van der Waals surface area contributed by atoms with E-state index in [0.29, 0.717) is 5.11 Å². The Bertz CT molecular complexity index is 402. The molecule has 0 aliphatic rings. The van der Waals surface area contributed by atoms with Crippen LogP contribution in [0.3, 0.4) is 0 Å². The van der Waals surface area contributed by atoms with Crippen LogP contribution >= 0.6 is 28.1 Å². The quantitative estimate of drug-likeness (QED) is 0.619. The van der Waals surface area contributed by atoms with Gasteiger partial charge in [0.05, 0.1) is 11.6 Å². The highest BCUT2D eigenvalue weighted by Gasteiger charge is 2.02. The molecule has 0 spiro atoms. The van der Waals surface area contributed by atoms with E-state index in [-0.39, 0.29) is 0 Å². The summed E-state index contributed by atoms with van der Waals surface area (Å²) in [5.74, 6) is 0.791. The molecular formula is C12H17BrN2O2S. The standard InChI is InChI=1S/C12H17BrN2O2S/c1-16-7-3-6-14-12(18)15-9-4-5-11(17-2)10(13)8-9/h4-5,8H,3,6-7H2,1-2H3,(H2,14,15,18). The fraction of sp³-hybridized carbons (Fsp3) is 0.417. The minimum atomic E-state index is 0.600. The summed E-state index contributed by atoms with van der Waals surface area (Å²) in [6.07, 6.45) is 0.921. The summed E-state index contributed by atoms with van der Waals surface area (Å²) in [7, 11) is 3.32. The summed E-state index contributed by atoms with van der Waals surface area (Å²) in [6.45, 7) is 1.51. The zero-order valence-electron chi connectivity index (χ0n) is 10.5. The van der Waals surface area contributed by atoms with Gasteiger partial charge in [-0.3, -0.25) is 0 Å². The monoisotopic (exact) mass is 332 g/mol. The molecule has 0 fully saturated rings. The molecular weight excluding hydrogens is 316 g/mol. The molecule has 0 saturated heterocycles. The molecule has 0 radical (unpaired) electrons. The molecule has 1 rings (SSSR count). The van der Waals surface area contributed by atoms with E-state index in [0.717, 1.165) is 35.5 Å². The predicted molar refractivity (Wildman–Crippen MR) is 81.4 cm³/mol. The average Bonchev–Trinajstić information content (AvgIpc) is 2.35. The van der Waals surface area contributed by atoms with Gasteiger partial charge in [0.25, 0.3) is 0 Å². The number of anilines is 1. The lowest BCUT2D eigenvalue weighted by Crippen LogP contribution is -2.29. The van der Waals surface area contributed by atoms with Gasteiger partial charge in [0.15, 0.2) is 5.11 Å². The Labute approximate surface area is 121 Å². The number of ether oxygens (including phenoxy) is 2. The van der Waals surface area contributed by atoms with Crippen LogP contribution in [0.4, 0.5) is 5.69 Å². The van der Waals surface area contributed by atoms with E-state index in [1.54, 1.807) is 14.2 Å². The van der Waals surface area contributed by atoms with Gasteiger partial charge in [-0.25, -0.2) is 0 Å². The van der Waals surface area contributed by atoms with E-state index in [9.17, 15) is 0 Å². The van der Waals surface area contributed by atoms with Crippen molar-refractivity contribution in [3.05, 3.63) is 22.7 Å². The molecule has 0 heterocycles. The van der Waals surface area contributed by atoms with Gasteiger partial charge in [-0.15, -0.1) is 0 Å². The normalized spacial score (nSPS) is 9.94. The first kappa shape index (κ1) is 15.2. The topological polar surface area (TPSA) is 42.5 Å². The van der Waals surface area contributed by atoms with Crippen molar-refractivity contribution in [2.75, 3.05) is 32.7 Å². The summed E-state index contributed by atoms with van der Waals surface area (Å²) in [6, 6.07) is 5.70. The zero-order valence-corrected chi connectivity index (χ0v) is 12.9. The molecule has 0 saturated carbocycles. The molecule has 0 unspecified atom stereocenters. The second-order valence-corrected chi connectivity index (χ2v) is 4.84. The van der Waals surface area contributed by atoms with Crippen LogP contribution in [0, 0.1) is 0 Å². The van der Waals surface area contributed by atoms with Crippen LogP contribution < -0.4 is 15.4 Å². The molecule has 18 heavy (non-hydrogen) atoms. The van der Waals surface area contributed by atoms with Crippen LogP contribution in [-0.2, 0) is 4.74 Å². The van der Waals surface area contributed by atoms with Crippen molar-refractivity contribution in [3.63, 3.8) is 0 Å². The number of halogens is 1. The van der Waals surface area contributed by atoms with Crippen molar-refractivity contribution in [2.24, 2.45) is 0 Å². The fourth-order valence-electron chi connectivity index (χ4n) is 1.34. The summed E-state index contributed by atoms with van der Waals surface area (Å²) < 4.78 is 11.0. The molecule has 100 valence electrons. The average molecular weight is 333 g/mol. The lowest BCUT2D eigenvalue weighted by atomic mass is 10.3. The van der Waals surface area contributed by atoms with E-state index in [2.05, 4.69) is 26.6 Å². The van der Waals surface area contributed by atoms with Crippen molar-refractivity contribution in [2.45, 2.75) is 6.42 Å². The van der Waals surface area contributed by atoms with E-state index >= 15 is 0 Å². The molecule has 0 aromatic heterocycles. The third-order valence-corrected chi connectivity index (χ3v) is 3.09. The molecule has 0 bridgehead atoms. The van der Waals surface area contributed by atoms with Gasteiger partial charge in [-0.05, 0) is 52.8 Å². The second-order valence-electron chi connectivity index (χ2n) is 3.58. The number of rotatable bonds is 6. The highest BCUT2D eigenvalue weighted by atomic mass is 79.9. The van der Waals surface area contributed by atoms with E-state index in [4.69, 9.17) is 21.7 Å². The molecule has 6 heteroatoms. The molecule has 0 aliphatic carbocycles. The molecule has 2 N–H and O–H groups in total. The summed E-state index contributed by atoms with van der Waals surface area (Å²) in [5.41, 5.74) is 0.909. The number of hydrogen-bond acceptors (Lipinski definition) is 3. The first-order valence-electron chi connectivity index (χ1n) is 5.54. The summed E-state index contributed by atoms with van der Waals surface area (Å²) in [5, 5.41) is 6.81. The Morgan fingerprint density at radius 1 is 1.39 bits per heavy atom. The van der Waals surface area contributed by atoms with Crippen LogP contribution in [0.1, 0.15) is 6.42 Å². The number of methoxy groups -OCH3 is 2. The fourth-order valence-corrected chi connectivity index (χ4v) is 2.10. The van der Waals surface area contributed by atoms with Crippen molar-refractivity contribution >= 4 is 38.9 Å². The van der Waals surface area contributed by atoms with Gasteiger partial charge in [-0.1, -0.05) is 0 Å². The molecule has 1 aromatic rings. The zero-order chi connectivity index (χ0) is 13.4. The maximum Gasteiger partial charge on any atom is 0.170 e. The second kappa shape index (κ2) is 8.29. The molecule has 0 atom stereocenters. The summed E-state index contributed by atoms with van der Waals surface area (Å²) in [4.78, 5) is 0. The predicted octanol–water partition coefficient (Wildman–Crippen LogP) is 2.78. The first-order valence-corrected chi connectivity index (χ1v) is 6.75. The van der Waals surface area contributed by atoms with Gasteiger partial charge in [0.2, 0.25) is 0 Å². The van der Waals surface area contributed by atoms with Crippen molar-refractivity contribution < 1.29 is 9.47 Å². The highest BCUT2D eigenvalue weighted by Crippen LogP contribution is 2.27. The molecule has 1 aromatic carbocycles. The van der Waals surface area contributed by atoms with Crippen LogP contribution in [-0.4, -0.2) is 32.5 Å². The van der Waals surface area contributed by atoms with Gasteiger partial charge < -0.3 is 20.1 Å². The van der Waals surface area contributed by atoms with Gasteiger partial charge in [0, 0.05) is 25.9 Å². The van der Waals surface area contributed by atoms with Crippen LogP contribution in [0.2, 0.25) is 0 Å². The van der Waals surface area contributed by atoms with Crippen LogP contribution in [0.15, 0.2) is 22.7 Å². The highest BCUT2D eigenvalue weighted by molar-refractivity contribution is 9.10. The smallest absolute Gasteiger partial charge is 0.170 e. The molecule has 0 aliphatic heterocycles. The Hall–Kier alpha value is -0.850. The number of nitrogens with one attached hydrogen (secondary N) is 2. The Kier molecular flexibility index (Phi) is 7.00. The van der Waals surface area contributed by atoms with E-state index < -0.39 is 0 Å². The Balaban J connectivity index is 2.42.